The van der Waals surface area contributed by atoms with Crippen molar-refractivity contribution in [3.05, 3.63) is 46.3 Å². The Kier molecular flexibility index (Phi) is 3.17. The molecule has 3 nitrogen and oxygen atoms in total. The van der Waals surface area contributed by atoms with Gasteiger partial charge < -0.3 is 0 Å². The van der Waals surface area contributed by atoms with Crippen LogP contribution in [0.5, 0.6) is 0 Å². The largest absolute Gasteiger partial charge is 0.294 e. The summed E-state index contributed by atoms with van der Waals surface area (Å²) in [6, 6.07) is 6.86. The van der Waals surface area contributed by atoms with Gasteiger partial charge in [-0.1, -0.05) is 29.3 Å². The highest BCUT2D eigenvalue weighted by Gasteiger charge is 2.04. The third-order valence-electron chi connectivity index (χ3n) is 1.99. The molecule has 0 saturated heterocycles. The molecule has 0 bridgehead atoms. The van der Waals surface area contributed by atoms with Crippen LogP contribution >= 0.6 is 23.2 Å². The molecule has 0 aliphatic rings. The van der Waals surface area contributed by atoms with Gasteiger partial charge in [-0.15, -0.1) is 0 Å². The minimum atomic E-state index is 0.142. The van der Waals surface area contributed by atoms with Crippen molar-refractivity contribution in [2.75, 3.05) is 0 Å². The van der Waals surface area contributed by atoms with Crippen molar-refractivity contribution in [2.24, 2.45) is 0 Å². The minimum absolute atomic E-state index is 0.142. The van der Waals surface area contributed by atoms with Gasteiger partial charge in [-0.25, -0.2) is 9.97 Å². The molecule has 0 radical (unpaired) electrons. The molecule has 2 aromatic rings. The van der Waals surface area contributed by atoms with Gasteiger partial charge in [-0.2, -0.15) is 0 Å². The summed E-state index contributed by atoms with van der Waals surface area (Å²) in [5, 5.41) is 0.931. The highest BCUT2D eigenvalue weighted by Crippen LogP contribution is 2.27. The van der Waals surface area contributed by atoms with Gasteiger partial charge in [0.1, 0.15) is 0 Å². The van der Waals surface area contributed by atoms with E-state index in [4.69, 9.17) is 23.2 Å². The van der Waals surface area contributed by atoms with Crippen molar-refractivity contribution in [3.63, 3.8) is 0 Å². The molecule has 0 spiro atoms. The molecule has 0 unspecified atom stereocenters. The summed E-state index contributed by atoms with van der Waals surface area (Å²) in [6.07, 6.45) is 2.12. The van der Waals surface area contributed by atoms with E-state index in [1.165, 1.54) is 6.20 Å². The minimum Gasteiger partial charge on any atom is -0.294 e. The van der Waals surface area contributed by atoms with Crippen molar-refractivity contribution in [2.45, 2.75) is 0 Å². The van der Waals surface area contributed by atoms with E-state index in [2.05, 4.69) is 9.97 Å². The van der Waals surface area contributed by atoms with Gasteiger partial charge in [0.25, 0.3) is 0 Å². The molecule has 0 N–H and O–H groups in total. The number of benzene rings is 1. The predicted octanol–water partition coefficient (Wildman–Crippen LogP) is 3.26. The lowest BCUT2D eigenvalue weighted by Gasteiger charge is -2.02. The number of rotatable bonds is 2. The first-order valence-electron chi connectivity index (χ1n) is 4.44. The van der Waals surface area contributed by atoms with E-state index < -0.39 is 0 Å². The van der Waals surface area contributed by atoms with Crippen LogP contribution in [0.15, 0.2) is 30.5 Å². The van der Waals surface area contributed by atoms with Gasteiger partial charge in [0, 0.05) is 11.8 Å². The summed E-state index contributed by atoms with van der Waals surface area (Å²) in [5.41, 5.74) is 1.43. The molecular weight excluding hydrogens is 247 g/mol. The number of aromatic nitrogens is 2. The summed E-state index contributed by atoms with van der Waals surface area (Å²) in [7, 11) is 0. The van der Waals surface area contributed by atoms with Crippen LogP contribution in [0, 0.1) is 0 Å². The lowest BCUT2D eigenvalue weighted by Crippen LogP contribution is -1.93. The SMILES string of the molecule is O=Cc1nccc(-c2ccc(Cl)c(Cl)c2)n1. The Hall–Kier alpha value is -1.45. The number of hydrogen-bond donors (Lipinski definition) is 0. The molecule has 1 heterocycles. The summed E-state index contributed by atoms with van der Waals surface area (Å²) in [5.74, 6) is 0.142. The van der Waals surface area contributed by atoms with E-state index in [0.717, 1.165) is 5.56 Å². The maximum Gasteiger partial charge on any atom is 0.193 e. The van der Waals surface area contributed by atoms with Crippen LogP contribution in [-0.4, -0.2) is 16.3 Å². The standard InChI is InChI=1S/C11H6Cl2N2O/c12-8-2-1-7(5-9(8)13)10-3-4-14-11(6-16)15-10/h1-6H. The quantitative estimate of drug-likeness (QED) is 0.771. The van der Waals surface area contributed by atoms with Gasteiger partial charge in [0.05, 0.1) is 15.7 Å². The number of halogens is 2. The summed E-state index contributed by atoms with van der Waals surface area (Å²) in [6.45, 7) is 0. The van der Waals surface area contributed by atoms with E-state index in [-0.39, 0.29) is 5.82 Å². The number of aldehydes is 1. The number of hydrogen-bond acceptors (Lipinski definition) is 3. The van der Waals surface area contributed by atoms with E-state index in [0.29, 0.717) is 22.0 Å². The van der Waals surface area contributed by atoms with Crippen molar-refractivity contribution in [3.8, 4) is 11.3 Å². The van der Waals surface area contributed by atoms with Crippen molar-refractivity contribution >= 4 is 29.5 Å². The number of carbonyl (C=O) groups excluding carboxylic acids is 1. The zero-order valence-electron chi connectivity index (χ0n) is 8.02. The van der Waals surface area contributed by atoms with Crippen LogP contribution in [0.1, 0.15) is 10.6 Å². The first-order chi connectivity index (χ1) is 7.70. The predicted molar refractivity (Wildman–Crippen MR) is 62.9 cm³/mol. The Morgan fingerprint density at radius 3 is 2.62 bits per heavy atom. The van der Waals surface area contributed by atoms with Gasteiger partial charge in [-0.3, -0.25) is 4.79 Å². The third kappa shape index (κ3) is 2.21. The summed E-state index contributed by atoms with van der Waals surface area (Å²) < 4.78 is 0. The maximum atomic E-state index is 10.5. The number of carbonyl (C=O) groups is 1. The second-order valence-electron chi connectivity index (χ2n) is 3.05. The molecule has 0 fully saturated rings. The average molecular weight is 253 g/mol. The molecule has 0 amide bonds. The monoisotopic (exact) mass is 252 g/mol. The van der Waals surface area contributed by atoms with E-state index in [1.807, 2.05) is 0 Å². The van der Waals surface area contributed by atoms with Gasteiger partial charge in [0.2, 0.25) is 0 Å². The van der Waals surface area contributed by atoms with Crippen LogP contribution in [0.3, 0.4) is 0 Å². The van der Waals surface area contributed by atoms with Gasteiger partial charge >= 0.3 is 0 Å². The Labute approximate surface area is 102 Å². The molecule has 0 saturated carbocycles. The fourth-order valence-corrected chi connectivity index (χ4v) is 1.54. The first kappa shape index (κ1) is 11.0. The van der Waals surface area contributed by atoms with Crippen LogP contribution in [0.2, 0.25) is 10.0 Å². The Morgan fingerprint density at radius 2 is 1.94 bits per heavy atom. The van der Waals surface area contributed by atoms with Crippen LogP contribution in [0.4, 0.5) is 0 Å². The second kappa shape index (κ2) is 4.60. The highest BCUT2D eigenvalue weighted by atomic mass is 35.5. The van der Waals surface area contributed by atoms with Crippen molar-refractivity contribution in [1.82, 2.24) is 9.97 Å². The fraction of sp³-hybridized carbons (Fsp3) is 0. The number of nitrogens with zero attached hydrogens (tertiary/aromatic N) is 2. The van der Waals surface area contributed by atoms with Crippen molar-refractivity contribution < 1.29 is 4.79 Å². The topological polar surface area (TPSA) is 42.9 Å². The molecule has 0 aliphatic heterocycles. The molecule has 0 atom stereocenters. The third-order valence-corrected chi connectivity index (χ3v) is 2.73. The second-order valence-corrected chi connectivity index (χ2v) is 3.86. The van der Waals surface area contributed by atoms with E-state index >= 15 is 0 Å². The Morgan fingerprint density at radius 1 is 1.12 bits per heavy atom. The molecule has 16 heavy (non-hydrogen) atoms. The lowest BCUT2D eigenvalue weighted by atomic mass is 10.1. The normalized spacial score (nSPS) is 10.1. The molecule has 1 aromatic carbocycles. The van der Waals surface area contributed by atoms with E-state index in [1.54, 1.807) is 24.3 Å². The molecule has 2 rings (SSSR count). The molecular formula is C11H6Cl2N2O. The van der Waals surface area contributed by atoms with Crippen molar-refractivity contribution in [1.29, 1.82) is 0 Å². The van der Waals surface area contributed by atoms with Crippen LogP contribution < -0.4 is 0 Å². The smallest absolute Gasteiger partial charge is 0.193 e. The average Bonchev–Trinajstić information content (AvgIpc) is 2.33. The van der Waals surface area contributed by atoms with E-state index in [9.17, 15) is 4.79 Å². The maximum absolute atomic E-state index is 10.5. The molecule has 80 valence electrons. The van der Waals surface area contributed by atoms with Gasteiger partial charge in [-0.05, 0) is 18.2 Å². The zero-order valence-corrected chi connectivity index (χ0v) is 9.53. The first-order valence-corrected chi connectivity index (χ1v) is 5.20. The Bertz CT molecular complexity index is 543. The Balaban J connectivity index is 2.49. The molecule has 0 aliphatic carbocycles. The summed E-state index contributed by atoms with van der Waals surface area (Å²) in [4.78, 5) is 18.4. The van der Waals surface area contributed by atoms with Crippen LogP contribution in [-0.2, 0) is 0 Å². The zero-order chi connectivity index (χ0) is 11.5. The molecule has 1 aromatic heterocycles. The molecule has 5 heteroatoms. The lowest BCUT2D eigenvalue weighted by molar-refractivity contribution is 0.111. The summed E-state index contributed by atoms with van der Waals surface area (Å²) >= 11 is 11.7. The fourth-order valence-electron chi connectivity index (χ4n) is 1.25. The van der Waals surface area contributed by atoms with Gasteiger partial charge in [0.15, 0.2) is 12.1 Å². The highest BCUT2D eigenvalue weighted by molar-refractivity contribution is 6.42. The van der Waals surface area contributed by atoms with Crippen LogP contribution in [0.25, 0.3) is 11.3 Å².